The number of amides is 1. The fraction of sp³-hybridized carbons (Fsp3) is 0.200. The number of aromatic nitrogens is 1. The van der Waals surface area contributed by atoms with Gasteiger partial charge in [-0.25, -0.2) is 5.43 Å². The molecule has 5 nitrogen and oxygen atoms in total. The molecule has 1 aromatic rings. The molecule has 0 aliphatic carbocycles. The van der Waals surface area contributed by atoms with E-state index in [1.54, 1.807) is 18.2 Å². The van der Waals surface area contributed by atoms with Gasteiger partial charge in [-0.05, 0) is 25.1 Å². The zero-order valence-electron chi connectivity index (χ0n) is 8.58. The van der Waals surface area contributed by atoms with Gasteiger partial charge in [-0.1, -0.05) is 11.6 Å². The molecule has 0 saturated heterocycles. The third-order valence-electron chi connectivity index (χ3n) is 1.99. The van der Waals surface area contributed by atoms with Gasteiger partial charge in [0, 0.05) is 5.69 Å². The van der Waals surface area contributed by atoms with E-state index in [9.17, 15) is 4.79 Å². The molecule has 0 spiro atoms. The van der Waals surface area contributed by atoms with Crippen LogP contribution in [0, 0.1) is 0 Å². The number of hydrogen-bond donors (Lipinski definition) is 2. The van der Waals surface area contributed by atoms with E-state index in [2.05, 4.69) is 15.5 Å². The molecule has 6 heteroatoms. The Bertz CT molecular complexity index is 476. The van der Waals surface area contributed by atoms with Crippen molar-refractivity contribution < 1.29 is 9.53 Å². The lowest BCUT2D eigenvalue weighted by atomic mass is 10.2. The van der Waals surface area contributed by atoms with Crippen LogP contribution in [0.3, 0.4) is 0 Å². The summed E-state index contributed by atoms with van der Waals surface area (Å²) in [7, 11) is 0. The first-order valence-corrected chi connectivity index (χ1v) is 5.16. The fourth-order valence-corrected chi connectivity index (χ4v) is 1.49. The zero-order chi connectivity index (χ0) is 11.5. The molecule has 1 amide bonds. The first-order valence-electron chi connectivity index (χ1n) is 4.78. The molecule has 0 unspecified atom stereocenters. The molecule has 0 aromatic carbocycles. The molecule has 0 saturated carbocycles. The maximum Gasteiger partial charge on any atom is 0.277 e. The van der Waals surface area contributed by atoms with Crippen molar-refractivity contribution in [3.05, 3.63) is 28.6 Å². The first kappa shape index (κ1) is 10.8. The summed E-state index contributed by atoms with van der Waals surface area (Å²) < 4.78 is 5.22. The average Bonchev–Trinajstić information content (AvgIpc) is 2.79. The predicted octanol–water partition coefficient (Wildman–Crippen LogP) is 1.53. The van der Waals surface area contributed by atoms with E-state index in [4.69, 9.17) is 16.3 Å². The Balaban J connectivity index is 2.27. The normalized spacial score (nSPS) is 17.5. The number of nitrogens with one attached hydrogen (secondary N) is 2. The average molecular weight is 240 g/mol. The Hall–Kier alpha value is -1.75. The lowest BCUT2D eigenvalue weighted by Crippen LogP contribution is -2.14. The summed E-state index contributed by atoms with van der Waals surface area (Å²) in [5.74, 6) is 0.0207. The molecule has 0 fully saturated rings. The van der Waals surface area contributed by atoms with Crippen LogP contribution in [0.1, 0.15) is 12.6 Å². The molecule has 1 aromatic heterocycles. The van der Waals surface area contributed by atoms with Gasteiger partial charge < -0.3 is 9.72 Å². The molecule has 0 radical (unpaired) electrons. The number of nitrogens with zero attached hydrogens (tertiary/aromatic N) is 1. The van der Waals surface area contributed by atoms with E-state index >= 15 is 0 Å². The Labute approximate surface area is 97.1 Å². The molecular weight excluding hydrogens is 230 g/mol. The highest BCUT2D eigenvalue weighted by molar-refractivity contribution is 6.29. The minimum Gasteiger partial charge on any atom is -0.476 e. The van der Waals surface area contributed by atoms with Gasteiger partial charge in [-0.15, -0.1) is 5.10 Å². The van der Waals surface area contributed by atoms with Gasteiger partial charge in [-0.3, -0.25) is 4.79 Å². The third kappa shape index (κ3) is 2.09. The number of rotatable bonds is 2. The van der Waals surface area contributed by atoms with Gasteiger partial charge in [-0.2, -0.15) is 0 Å². The number of ether oxygens (including phenoxy) is 1. The topological polar surface area (TPSA) is 66.5 Å². The molecule has 1 aliphatic heterocycles. The van der Waals surface area contributed by atoms with E-state index in [-0.39, 0.29) is 5.91 Å². The summed E-state index contributed by atoms with van der Waals surface area (Å²) >= 11 is 5.73. The number of carbonyl (C=O) groups is 1. The van der Waals surface area contributed by atoms with Crippen molar-refractivity contribution in [2.45, 2.75) is 6.92 Å². The fourth-order valence-electron chi connectivity index (χ4n) is 1.32. The van der Waals surface area contributed by atoms with Crippen molar-refractivity contribution in [1.82, 2.24) is 10.4 Å². The molecule has 16 heavy (non-hydrogen) atoms. The number of halogens is 1. The summed E-state index contributed by atoms with van der Waals surface area (Å²) in [4.78, 5) is 14.3. The van der Waals surface area contributed by atoms with Gasteiger partial charge in [0.05, 0.1) is 6.61 Å². The molecule has 84 valence electrons. The van der Waals surface area contributed by atoms with Crippen LogP contribution in [0.2, 0.25) is 5.15 Å². The van der Waals surface area contributed by atoms with E-state index < -0.39 is 0 Å². The third-order valence-corrected chi connectivity index (χ3v) is 2.21. The van der Waals surface area contributed by atoms with Gasteiger partial charge in [0.2, 0.25) is 5.90 Å². The number of hydrogen-bond acceptors (Lipinski definition) is 3. The standard InChI is InChI=1S/C10H10ClN3O2/c1-2-16-10-7(9(15)13-14-10)5-6-3-4-8(11)12-6/h3-5,12H,2H2,1H3,(H,13,15). The maximum absolute atomic E-state index is 11.4. The summed E-state index contributed by atoms with van der Waals surface area (Å²) in [6.45, 7) is 2.28. The number of hydrazone groups is 1. The highest BCUT2D eigenvalue weighted by atomic mass is 35.5. The number of aromatic amines is 1. The van der Waals surface area contributed by atoms with Crippen LogP contribution in [0.25, 0.3) is 6.08 Å². The molecule has 2 N–H and O–H groups in total. The van der Waals surface area contributed by atoms with Crippen molar-refractivity contribution in [2.75, 3.05) is 6.61 Å². The second-order valence-electron chi connectivity index (χ2n) is 3.11. The van der Waals surface area contributed by atoms with Gasteiger partial charge in [0.1, 0.15) is 10.7 Å². The van der Waals surface area contributed by atoms with Crippen molar-refractivity contribution >= 4 is 29.5 Å². The zero-order valence-corrected chi connectivity index (χ0v) is 9.34. The van der Waals surface area contributed by atoms with Crippen molar-refractivity contribution in [3.63, 3.8) is 0 Å². The summed E-state index contributed by atoms with van der Waals surface area (Å²) in [6.07, 6.45) is 1.64. The molecule has 1 aliphatic rings. The maximum atomic E-state index is 11.4. The van der Waals surface area contributed by atoms with E-state index in [0.717, 1.165) is 5.69 Å². The first-order chi connectivity index (χ1) is 7.70. The smallest absolute Gasteiger partial charge is 0.277 e. The van der Waals surface area contributed by atoms with E-state index in [1.165, 1.54) is 0 Å². The van der Waals surface area contributed by atoms with Crippen LogP contribution in [-0.2, 0) is 9.53 Å². The largest absolute Gasteiger partial charge is 0.476 e. The van der Waals surface area contributed by atoms with Gasteiger partial charge in [0.15, 0.2) is 0 Å². The Morgan fingerprint density at radius 1 is 1.56 bits per heavy atom. The highest BCUT2D eigenvalue weighted by Crippen LogP contribution is 2.14. The van der Waals surface area contributed by atoms with Crippen LogP contribution >= 0.6 is 11.6 Å². The number of H-pyrrole nitrogens is 1. The summed E-state index contributed by atoms with van der Waals surface area (Å²) in [5, 5.41) is 4.28. The molecule has 2 rings (SSSR count). The second-order valence-corrected chi connectivity index (χ2v) is 3.52. The monoisotopic (exact) mass is 239 g/mol. The van der Waals surface area contributed by atoms with Gasteiger partial charge >= 0.3 is 0 Å². The Kier molecular flexibility index (Phi) is 2.96. The highest BCUT2D eigenvalue weighted by Gasteiger charge is 2.23. The summed E-state index contributed by atoms with van der Waals surface area (Å²) in [5.41, 5.74) is 3.46. The lowest BCUT2D eigenvalue weighted by molar-refractivity contribution is -0.116. The van der Waals surface area contributed by atoms with Crippen molar-refractivity contribution in [2.24, 2.45) is 5.10 Å². The van der Waals surface area contributed by atoms with Crippen LogP contribution in [0.15, 0.2) is 22.8 Å². The van der Waals surface area contributed by atoms with Crippen LogP contribution < -0.4 is 5.43 Å². The predicted molar refractivity (Wildman–Crippen MR) is 61.0 cm³/mol. The minimum absolute atomic E-state index is 0.283. The Morgan fingerprint density at radius 3 is 3.00 bits per heavy atom. The minimum atomic E-state index is -0.283. The van der Waals surface area contributed by atoms with E-state index in [1.807, 2.05) is 6.92 Å². The van der Waals surface area contributed by atoms with E-state index in [0.29, 0.717) is 23.2 Å². The van der Waals surface area contributed by atoms with Crippen LogP contribution in [0.4, 0.5) is 0 Å². The van der Waals surface area contributed by atoms with Crippen LogP contribution in [-0.4, -0.2) is 23.4 Å². The van der Waals surface area contributed by atoms with Gasteiger partial charge in [0.25, 0.3) is 5.91 Å². The molecule has 0 atom stereocenters. The van der Waals surface area contributed by atoms with Crippen molar-refractivity contribution in [1.29, 1.82) is 0 Å². The lowest BCUT2D eigenvalue weighted by Gasteiger charge is -2.00. The quantitative estimate of drug-likeness (QED) is 0.769. The molecule has 2 heterocycles. The molecule has 0 bridgehead atoms. The summed E-state index contributed by atoms with van der Waals surface area (Å²) in [6, 6.07) is 3.47. The van der Waals surface area contributed by atoms with Crippen LogP contribution in [0.5, 0.6) is 0 Å². The SMILES string of the molecule is CCOC1=NNC(=O)C1=Cc1ccc(Cl)[nH]1. The second kappa shape index (κ2) is 4.40. The van der Waals surface area contributed by atoms with Crippen molar-refractivity contribution in [3.8, 4) is 0 Å². The Morgan fingerprint density at radius 2 is 2.38 bits per heavy atom. The molecular formula is C10H10ClN3O2. The number of carbonyl (C=O) groups excluding carboxylic acids is 1.